The van der Waals surface area contributed by atoms with E-state index in [0.717, 1.165) is 0 Å². The first-order chi connectivity index (χ1) is 9.93. The molecule has 0 radical (unpaired) electrons. The van der Waals surface area contributed by atoms with Crippen LogP contribution in [0.1, 0.15) is 27.2 Å². The number of rotatable bonds is 8. The van der Waals surface area contributed by atoms with E-state index in [1.165, 1.54) is 6.07 Å². The molecule has 0 bridgehead atoms. The van der Waals surface area contributed by atoms with Gasteiger partial charge in [0.15, 0.2) is 5.75 Å². The normalized spacial score (nSPS) is 10.3. The molecule has 1 rings (SSSR count). The number of ether oxygens (including phenoxy) is 2. The molecule has 116 valence electrons. The minimum Gasteiger partial charge on any atom is -0.484 e. The number of hydrogen-bond donors (Lipinski definition) is 1. The maximum absolute atomic E-state index is 11.2. The molecule has 0 aliphatic carbocycles. The Hall–Kier alpha value is -2.31. The van der Waals surface area contributed by atoms with Gasteiger partial charge in [-0.2, -0.15) is 0 Å². The smallest absolute Gasteiger partial charge is 0.311 e. The summed E-state index contributed by atoms with van der Waals surface area (Å²) < 4.78 is 10.3. The molecule has 1 aromatic carbocycles. The van der Waals surface area contributed by atoms with E-state index in [1.807, 2.05) is 0 Å². The highest BCUT2D eigenvalue weighted by Gasteiger charge is 2.16. The molecule has 21 heavy (non-hydrogen) atoms. The summed E-state index contributed by atoms with van der Waals surface area (Å²) in [7, 11) is 0. The average Bonchev–Trinajstić information content (AvgIpc) is 2.38. The van der Waals surface area contributed by atoms with Crippen LogP contribution in [-0.2, 0) is 9.53 Å². The topological polar surface area (TPSA) is 90.7 Å². The maximum atomic E-state index is 11.2. The minimum absolute atomic E-state index is 0.0837. The van der Waals surface area contributed by atoms with E-state index in [9.17, 15) is 14.9 Å². The van der Waals surface area contributed by atoms with Crippen molar-refractivity contribution in [2.24, 2.45) is 0 Å². The van der Waals surface area contributed by atoms with Gasteiger partial charge in [-0.25, -0.2) is 0 Å². The van der Waals surface area contributed by atoms with E-state index in [2.05, 4.69) is 5.32 Å². The van der Waals surface area contributed by atoms with Crippen LogP contribution in [0.2, 0.25) is 0 Å². The van der Waals surface area contributed by atoms with Gasteiger partial charge in [0.2, 0.25) is 0 Å². The van der Waals surface area contributed by atoms with Crippen molar-refractivity contribution in [3.8, 4) is 5.75 Å². The summed E-state index contributed by atoms with van der Waals surface area (Å²) in [6.45, 7) is 6.08. The van der Waals surface area contributed by atoms with Crippen molar-refractivity contribution in [1.82, 2.24) is 0 Å². The minimum atomic E-state index is -0.486. The second-order valence-electron chi connectivity index (χ2n) is 4.59. The number of nitrogens with zero attached hydrogens (tertiary/aromatic N) is 1. The molecule has 7 nitrogen and oxygen atoms in total. The molecule has 0 aromatic heterocycles. The number of carbonyl (C=O) groups is 1. The van der Waals surface area contributed by atoms with E-state index in [4.69, 9.17) is 9.47 Å². The first-order valence-electron chi connectivity index (χ1n) is 6.78. The Bertz CT molecular complexity index is 502. The van der Waals surface area contributed by atoms with Crippen LogP contribution < -0.4 is 10.1 Å². The van der Waals surface area contributed by atoms with Gasteiger partial charge >= 0.3 is 11.7 Å². The third-order valence-electron chi connectivity index (χ3n) is 2.48. The van der Waals surface area contributed by atoms with Crippen LogP contribution in [0.25, 0.3) is 0 Å². The fraction of sp³-hybridized carbons (Fsp3) is 0.500. The van der Waals surface area contributed by atoms with Gasteiger partial charge in [0.25, 0.3) is 0 Å². The molecule has 1 aromatic rings. The highest BCUT2D eigenvalue weighted by Crippen LogP contribution is 2.30. The Morgan fingerprint density at radius 2 is 2.14 bits per heavy atom. The van der Waals surface area contributed by atoms with Crippen LogP contribution in [-0.4, -0.2) is 30.1 Å². The molecular weight excluding hydrogens is 276 g/mol. The van der Waals surface area contributed by atoms with E-state index in [1.54, 1.807) is 32.9 Å². The second kappa shape index (κ2) is 8.08. The number of esters is 1. The van der Waals surface area contributed by atoms with Crippen LogP contribution >= 0.6 is 0 Å². The second-order valence-corrected chi connectivity index (χ2v) is 4.59. The van der Waals surface area contributed by atoms with Gasteiger partial charge in [0, 0.05) is 24.4 Å². The summed E-state index contributed by atoms with van der Waals surface area (Å²) in [4.78, 5) is 21.7. The third kappa shape index (κ3) is 5.68. The molecule has 0 fully saturated rings. The quantitative estimate of drug-likeness (QED) is 0.450. The van der Waals surface area contributed by atoms with Crippen molar-refractivity contribution in [3.63, 3.8) is 0 Å². The van der Waals surface area contributed by atoms with Crippen molar-refractivity contribution in [1.29, 1.82) is 0 Å². The van der Waals surface area contributed by atoms with Gasteiger partial charge in [0.1, 0.15) is 0 Å². The van der Waals surface area contributed by atoms with Crippen molar-refractivity contribution in [2.75, 3.05) is 18.5 Å². The third-order valence-corrected chi connectivity index (χ3v) is 2.48. The molecule has 1 N–H and O–H groups in total. The Balaban J connectivity index is 2.71. The van der Waals surface area contributed by atoms with E-state index >= 15 is 0 Å². The zero-order chi connectivity index (χ0) is 15.8. The predicted octanol–water partition coefficient (Wildman–Crippen LogP) is 2.75. The van der Waals surface area contributed by atoms with E-state index < -0.39 is 4.92 Å². The van der Waals surface area contributed by atoms with Crippen LogP contribution in [0.3, 0.4) is 0 Å². The molecule has 0 aliphatic rings. The summed E-state index contributed by atoms with van der Waals surface area (Å²) in [5, 5.41) is 13.9. The largest absolute Gasteiger partial charge is 0.484 e. The molecule has 0 unspecified atom stereocenters. The molecule has 0 aliphatic heterocycles. The van der Waals surface area contributed by atoms with Crippen LogP contribution in [0.5, 0.6) is 5.75 Å². The predicted molar refractivity (Wildman–Crippen MR) is 78.6 cm³/mol. The van der Waals surface area contributed by atoms with Crippen molar-refractivity contribution >= 4 is 17.3 Å². The van der Waals surface area contributed by atoms with Crippen LogP contribution in [0, 0.1) is 10.1 Å². The highest BCUT2D eigenvalue weighted by molar-refractivity contribution is 5.70. The number of nitro groups is 1. The highest BCUT2D eigenvalue weighted by atomic mass is 16.6. The summed E-state index contributed by atoms with van der Waals surface area (Å²) in [6.07, 6.45) is 0.0593. The van der Waals surface area contributed by atoms with E-state index in [0.29, 0.717) is 18.8 Å². The number of hydrogen-bond acceptors (Lipinski definition) is 6. The standard InChI is InChI=1S/C14H20N2O5/c1-4-20-14(17)7-8-15-11-5-6-12(16(18)19)13(9-11)21-10(2)3/h5-6,9-10,15H,4,7-8H2,1-3H3. The Kier molecular flexibility index (Phi) is 6.45. The lowest BCUT2D eigenvalue weighted by Crippen LogP contribution is -2.12. The number of nitrogens with one attached hydrogen (secondary N) is 1. The van der Waals surface area contributed by atoms with Gasteiger partial charge < -0.3 is 14.8 Å². The average molecular weight is 296 g/mol. The number of anilines is 1. The fourth-order valence-electron chi connectivity index (χ4n) is 1.67. The van der Waals surface area contributed by atoms with Crippen molar-refractivity contribution in [2.45, 2.75) is 33.3 Å². The lowest BCUT2D eigenvalue weighted by atomic mass is 10.2. The Labute approximate surface area is 123 Å². The molecule has 0 spiro atoms. The maximum Gasteiger partial charge on any atom is 0.311 e. The first-order valence-corrected chi connectivity index (χ1v) is 6.78. The van der Waals surface area contributed by atoms with Gasteiger partial charge in [-0.1, -0.05) is 0 Å². The van der Waals surface area contributed by atoms with Gasteiger partial charge in [-0.05, 0) is 26.8 Å². The molecule has 0 heterocycles. The summed E-state index contributed by atoms with van der Waals surface area (Å²) >= 11 is 0. The number of nitro benzene ring substituents is 1. The zero-order valence-electron chi connectivity index (χ0n) is 12.4. The number of benzene rings is 1. The van der Waals surface area contributed by atoms with Crippen molar-refractivity contribution < 1.29 is 19.2 Å². The monoisotopic (exact) mass is 296 g/mol. The summed E-state index contributed by atoms with van der Waals surface area (Å²) in [5.74, 6) is -0.0818. The number of carbonyl (C=O) groups excluding carboxylic acids is 1. The van der Waals surface area contributed by atoms with Crippen molar-refractivity contribution in [3.05, 3.63) is 28.3 Å². The lowest BCUT2D eigenvalue weighted by molar-refractivity contribution is -0.386. The van der Waals surface area contributed by atoms with Gasteiger partial charge in [0.05, 0.1) is 24.1 Å². The molecule has 0 amide bonds. The molecule has 0 saturated heterocycles. The fourth-order valence-corrected chi connectivity index (χ4v) is 1.67. The lowest BCUT2D eigenvalue weighted by Gasteiger charge is -2.12. The SMILES string of the molecule is CCOC(=O)CCNc1ccc([N+](=O)[O-])c(OC(C)C)c1. The van der Waals surface area contributed by atoms with Gasteiger partial charge in [-0.15, -0.1) is 0 Å². The van der Waals surface area contributed by atoms with Gasteiger partial charge in [-0.3, -0.25) is 14.9 Å². The van der Waals surface area contributed by atoms with E-state index in [-0.39, 0.29) is 29.9 Å². The summed E-state index contributed by atoms with van der Waals surface area (Å²) in [6, 6.07) is 4.52. The van der Waals surface area contributed by atoms with Crippen LogP contribution in [0.4, 0.5) is 11.4 Å². The first kappa shape index (κ1) is 16.7. The molecule has 0 atom stereocenters. The molecule has 7 heteroatoms. The van der Waals surface area contributed by atoms with Crippen LogP contribution in [0.15, 0.2) is 18.2 Å². The zero-order valence-corrected chi connectivity index (χ0v) is 12.4. The molecular formula is C14H20N2O5. The Morgan fingerprint density at radius 3 is 2.71 bits per heavy atom. The Morgan fingerprint density at radius 1 is 1.43 bits per heavy atom. The summed E-state index contributed by atoms with van der Waals surface area (Å²) in [5.41, 5.74) is 0.570. The molecule has 0 saturated carbocycles.